The lowest BCUT2D eigenvalue weighted by molar-refractivity contribution is -0.131. The van der Waals surface area contributed by atoms with Crippen molar-refractivity contribution in [2.75, 3.05) is 12.4 Å². The average Bonchev–Trinajstić information content (AvgIpc) is 3.10. The fraction of sp³-hybridized carbons (Fsp3) is 0.385. The third kappa shape index (κ3) is 2.20. The lowest BCUT2D eigenvalue weighted by Crippen LogP contribution is -2.30. The molecule has 18 heavy (non-hydrogen) atoms. The number of amides is 1. The Hall–Kier alpha value is -1.55. The molecule has 1 fully saturated rings. The van der Waals surface area contributed by atoms with Crippen LogP contribution < -0.4 is 10.1 Å². The molecule has 96 valence electrons. The van der Waals surface area contributed by atoms with E-state index in [1.54, 1.807) is 18.2 Å². The van der Waals surface area contributed by atoms with Gasteiger partial charge >= 0.3 is 0 Å². The first-order valence-electron chi connectivity index (χ1n) is 5.65. The largest absolute Gasteiger partial charge is 0.495 e. The number of nitrogens with one attached hydrogen (secondary N) is 1. The Balaban J connectivity index is 2.22. The predicted molar refractivity (Wildman–Crippen MR) is 69.0 cm³/mol. The lowest BCUT2D eigenvalue weighted by atomic mass is 10.0. The Bertz CT molecular complexity index is 509. The van der Waals surface area contributed by atoms with Gasteiger partial charge in [0.1, 0.15) is 16.9 Å². The monoisotopic (exact) mass is 267 g/mol. The first-order chi connectivity index (χ1) is 8.49. The SMILES string of the molecule is COc1ccc(Cl)cc1NC(=O)C1(C(C)=O)CC1. The number of hydrogen-bond acceptors (Lipinski definition) is 3. The molecular weight excluding hydrogens is 254 g/mol. The fourth-order valence-electron chi connectivity index (χ4n) is 1.88. The van der Waals surface area contributed by atoms with Crippen molar-refractivity contribution in [1.29, 1.82) is 0 Å². The van der Waals surface area contributed by atoms with Crippen LogP contribution in [0.1, 0.15) is 19.8 Å². The van der Waals surface area contributed by atoms with Crippen LogP contribution in [0.4, 0.5) is 5.69 Å². The molecule has 0 saturated heterocycles. The minimum atomic E-state index is -0.840. The van der Waals surface area contributed by atoms with Gasteiger partial charge in [-0.1, -0.05) is 11.6 Å². The van der Waals surface area contributed by atoms with Crippen LogP contribution in [0.25, 0.3) is 0 Å². The molecule has 0 aliphatic heterocycles. The van der Waals surface area contributed by atoms with Gasteiger partial charge in [-0.15, -0.1) is 0 Å². The molecule has 1 aromatic carbocycles. The van der Waals surface area contributed by atoms with Gasteiger partial charge in [-0.3, -0.25) is 9.59 Å². The number of Topliss-reactive ketones (excluding diaryl/α,β-unsaturated/α-hetero) is 1. The summed E-state index contributed by atoms with van der Waals surface area (Å²) in [5.74, 6) is 0.142. The number of ether oxygens (including phenoxy) is 1. The van der Waals surface area contributed by atoms with Gasteiger partial charge in [0.2, 0.25) is 5.91 Å². The van der Waals surface area contributed by atoms with Crippen molar-refractivity contribution < 1.29 is 14.3 Å². The van der Waals surface area contributed by atoms with Crippen molar-refractivity contribution in [1.82, 2.24) is 0 Å². The number of benzene rings is 1. The zero-order valence-corrected chi connectivity index (χ0v) is 11.0. The summed E-state index contributed by atoms with van der Waals surface area (Å²) in [5.41, 5.74) is -0.352. The summed E-state index contributed by atoms with van der Waals surface area (Å²) in [7, 11) is 1.51. The molecule has 0 aromatic heterocycles. The van der Waals surface area contributed by atoms with Crippen molar-refractivity contribution in [2.45, 2.75) is 19.8 Å². The highest BCUT2D eigenvalue weighted by atomic mass is 35.5. The van der Waals surface area contributed by atoms with E-state index < -0.39 is 5.41 Å². The highest BCUT2D eigenvalue weighted by Crippen LogP contribution is 2.47. The van der Waals surface area contributed by atoms with Crippen molar-refractivity contribution in [3.63, 3.8) is 0 Å². The number of ketones is 1. The predicted octanol–water partition coefficient (Wildman–Crippen LogP) is 2.66. The molecule has 0 radical (unpaired) electrons. The Morgan fingerprint density at radius 3 is 2.56 bits per heavy atom. The van der Waals surface area contributed by atoms with Crippen LogP contribution in [0.15, 0.2) is 18.2 Å². The number of carbonyl (C=O) groups excluding carboxylic acids is 2. The van der Waals surface area contributed by atoms with Crippen LogP contribution in [0.3, 0.4) is 0 Å². The highest BCUT2D eigenvalue weighted by Gasteiger charge is 2.54. The van der Waals surface area contributed by atoms with Crippen molar-refractivity contribution >= 4 is 29.0 Å². The number of rotatable bonds is 4. The minimum absolute atomic E-state index is 0.0963. The van der Waals surface area contributed by atoms with Crippen LogP contribution in [0.5, 0.6) is 5.75 Å². The first kappa shape index (κ1) is 12.9. The van der Waals surface area contributed by atoms with Gasteiger partial charge in [0.15, 0.2) is 0 Å². The third-order valence-corrected chi connectivity index (χ3v) is 3.50. The van der Waals surface area contributed by atoms with Gasteiger partial charge in [0.05, 0.1) is 12.8 Å². The maximum atomic E-state index is 12.1. The summed E-state index contributed by atoms with van der Waals surface area (Å²) in [5, 5.41) is 3.22. The molecule has 1 N–H and O–H groups in total. The van der Waals surface area contributed by atoms with E-state index in [0.29, 0.717) is 29.3 Å². The van der Waals surface area contributed by atoms with E-state index in [1.807, 2.05) is 0 Å². The number of carbonyl (C=O) groups is 2. The number of methoxy groups -OCH3 is 1. The molecule has 1 amide bonds. The Labute approximate surface area is 110 Å². The van der Waals surface area contributed by atoms with E-state index in [0.717, 1.165) is 0 Å². The van der Waals surface area contributed by atoms with Gasteiger partial charge in [-0.25, -0.2) is 0 Å². The van der Waals surface area contributed by atoms with Gasteiger partial charge in [-0.2, -0.15) is 0 Å². The second-order valence-corrected chi connectivity index (χ2v) is 4.87. The second-order valence-electron chi connectivity index (χ2n) is 4.44. The maximum absolute atomic E-state index is 12.1. The summed E-state index contributed by atoms with van der Waals surface area (Å²) < 4.78 is 5.14. The summed E-state index contributed by atoms with van der Waals surface area (Å²) in [4.78, 5) is 23.5. The van der Waals surface area contributed by atoms with E-state index >= 15 is 0 Å². The van der Waals surface area contributed by atoms with E-state index in [9.17, 15) is 9.59 Å². The third-order valence-electron chi connectivity index (χ3n) is 3.27. The summed E-state index contributed by atoms with van der Waals surface area (Å²) >= 11 is 5.88. The standard InChI is InChI=1S/C13H14ClNO3/c1-8(16)13(5-6-13)12(17)15-10-7-9(14)3-4-11(10)18-2/h3-4,7H,5-6H2,1-2H3,(H,15,17). The molecule has 1 aliphatic rings. The molecule has 0 bridgehead atoms. The van der Waals surface area contributed by atoms with E-state index in [-0.39, 0.29) is 11.7 Å². The molecule has 1 aromatic rings. The quantitative estimate of drug-likeness (QED) is 0.854. The molecule has 4 nitrogen and oxygen atoms in total. The Morgan fingerprint density at radius 2 is 2.06 bits per heavy atom. The summed E-state index contributed by atoms with van der Waals surface area (Å²) in [6.07, 6.45) is 1.22. The van der Waals surface area contributed by atoms with Crippen LogP contribution >= 0.6 is 11.6 Å². The molecular formula is C13H14ClNO3. The summed E-state index contributed by atoms with van der Waals surface area (Å²) in [6, 6.07) is 4.95. The zero-order chi connectivity index (χ0) is 13.3. The van der Waals surface area contributed by atoms with Crippen molar-refractivity contribution in [3.8, 4) is 5.75 Å². The second kappa shape index (κ2) is 4.61. The molecule has 2 rings (SSSR count). The molecule has 0 atom stereocenters. The van der Waals surface area contributed by atoms with Gasteiger partial charge in [0, 0.05) is 5.02 Å². The fourth-order valence-corrected chi connectivity index (χ4v) is 2.06. The average molecular weight is 268 g/mol. The molecule has 0 heterocycles. The molecule has 5 heteroatoms. The van der Waals surface area contributed by atoms with E-state index in [4.69, 9.17) is 16.3 Å². The smallest absolute Gasteiger partial charge is 0.238 e. The number of halogens is 1. The number of hydrogen-bond donors (Lipinski definition) is 1. The van der Waals surface area contributed by atoms with E-state index in [1.165, 1.54) is 14.0 Å². The lowest BCUT2D eigenvalue weighted by Gasteiger charge is -2.14. The van der Waals surface area contributed by atoms with Crippen LogP contribution in [0, 0.1) is 5.41 Å². The molecule has 0 spiro atoms. The Kier molecular flexibility index (Phi) is 3.30. The normalized spacial score (nSPS) is 15.9. The maximum Gasteiger partial charge on any atom is 0.238 e. The zero-order valence-electron chi connectivity index (χ0n) is 10.2. The topological polar surface area (TPSA) is 55.4 Å². The summed E-state index contributed by atoms with van der Waals surface area (Å²) in [6.45, 7) is 1.45. The van der Waals surface area contributed by atoms with Gasteiger partial charge < -0.3 is 10.1 Å². The molecule has 0 unspecified atom stereocenters. The first-order valence-corrected chi connectivity index (χ1v) is 6.03. The van der Waals surface area contributed by atoms with E-state index in [2.05, 4.69) is 5.32 Å². The molecule has 1 aliphatic carbocycles. The highest BCUT2D eigenvalue weighted by molar-refractivity contribution is 6.31. The minimum Gasteiger partial charge on any atom is -0.495 e. The Morgan fingerprint density at radius 1 is 1.39 bits per heavy atom. The number of anilines is 1. The van der Waals surface area contributed by atoms with Crippen LogP contribution in [-0.4, -0.2) is 18.8 Å². The molecule has 1 saturated carbocycles. The van der Waals surface area contributed by atoms with Crippen molar-refractivity contribution in [2.24, 2.45) is 5.41 Å². The van der Waals surface area contributed by atoms with Crippen LogP contribution in [0.2, 0.25) is 5.02 Å². The van der Waals surface area contributed by atoms with Crippen molar-refractivity contribution in [3.05, 3.63) is 23.2 Å². The van der Waals surface area contributed by atoms with Crippen LogP contribution in [-0.2, 0) is 9.59 Å². The van der Waals surface area contributed by atoms with Gasteiger partial charge in [-0.05, 0) is 38.0 Å². The van der Waals surface area contributed by atoms with Gasteiger partial charge in [0.25, 0.3) is 0 Å².